The second-order valence-electron chi connectivity index (χ2n) is 5.19. The zero-order valence-corrected chi connectivity index (χ0v) is 11.1. The molecule has 0 spiro atoms. The van der Waals surface area contributed by atoms with E-state index in [-0.39, 0.29) is 6.04 Å². The highest BCUT2D eigenvalue weighted by Gasteiger charge is 2.31. The Labute approximate surface area is 99.6 Å². The van der Waals surface area contributed by atoms with E-state index in [0.717, 1.165) is 32.2 Å². The smallest absolute Gasteiger partial charge is 0.239 e. The van der Waals surface area contributed by atoms with E-state index in [1.54, 1.807) is 0 Å². The summed E-state index contributed by atoms with van der Waals surface area (Å²) in [7, 11) is 0. The quantitative estimate of drug-likeness (QED) is 0.779. The minimum Gasteiger partial charge on any atom is -0.339 e. The molecule has 0 aromatic rings. The molecule has 1 aliphatic rings. The normalized spacial score (nSPS) is 23.9. The number of piperidine rings is 1. The van der Waals surface area contributed by atoms with Crippen LogP contribution < -0.4 is 5.32 Å². The fourth-order valence-electron chi connectivity index (χ4n) is 2.47. The number of hydrogen-bond acceptors (Lipinski definition) is 2. The maximum Gasteiger partial charge on any atom is 0.239 e. The maximum atomic E-state index is 12.2. The molecule has 2 atom stereocenters. The van der Waals surface area contributed by atoms with E-state index in [1.807, 2.05) is 0 Å². The van der Waals surface area contributed by atoms with Crippen molar-refractivity contribution in [3.8, 4) is 0 Å². The van der Waals surface area contributed by atoms with E-state index in [4.69, 9.17) is 0 Å². The minimum absolute atomic E-state index is 0.0491. The molecule has 1 N–H and O–H groups in total. The Balaban J connectivity index is 2.56. The highest BCUT2D eigenvalue weighted by Crippen LogP contribution is 2.17. The van der Waals surface area contributed by atoms with E-state index in [1.165, 1.54) is 0 Å². The Kier molecular flexibility index (Phi) is 5.26. The molecule has 2 unspecified atom stereocenters. The van der Waals surface area contributed by atoms with E-state index in [9.17, 15) is 4.79 Å². The van der Waals surface area contributed by atoms with Gasteiger partial charge in [0.15, 0.2) is 0 Å². The molecular weight excluding hydrogens is 200 g/mol. The first-order valence-corrected chi connectivity index (χ1v) is 6.62. The van der Waals surface area contributed by atoms with Crippen LogP contribution in [0.1, 0.15) is 53.4 Å². The highest BCUT2D eigenvalue weighted by molar-refractivity contribution is 5.82. The third-order valence-corrected chi connectivity index (χ3v) is 3.25. The molecule has 1 rings (SSSR count). The molecule has 0 saturated carbocycles. The lowest BCUT2D eigenvalue weighted by molar-refractivity contribution is -0.138. The first-order chi connectivity index (χ1) is 7.56. The van der Waals surface area contributed by atoms with Crippen LogP contribution in [0.5, 0.6) is 0 Å². The number of likely N-dealkylation sites (tertiary alicyclic amines) is 1. The van der Waals surface area contributed by atoms with E-state index in [2.05, 4.69) is 37.9 Å². The number of hydrogen-bond donors (Lipinski definition) is 1. The van der Waals surface area contributed by atoms with Crippen LogP contribution in [0, 0.1) is 0 Å². The van der Waals surface area contributed by atoms with Crippen LogP contribution in [-0.4, -0.2) is 35.5 Å². The molecule has 0 aliphatic carbocycles. The summed E-state index contributed by atoms with van der Waals surface area (Å²) in [5.74, 6) is 0.306. The fourth-order valence-corrected chi connectivity index (χ4v) is 2.47. The number of rotatable bonds is 5. The lowest BCUT2D eigenvalue weighted by Gasteiger charge is -2.37. The molecule has 16 heavy (non-hydrogen) atoms. The first-order valence-electron chi connectivity index (χ1n) is 6.62. The van der Waals surface area contributed by atoms with Crippen LogP contribution in [0.25, 0.3) is 0 Å². The topological polar surface area (TPSA) is 32.3 Å². The summed E-state index contributed by atoms with van der Waals surface area (Å²) in [6, 6.07) is 0.831. The molecule has 3 nitrogen and oxygen atoms in total. The second kappa shape index (κ2) is 6.24. The van der Waals surface area contributed by atoms with Gasteiger partial charge >= 0.3 is 0 Å². The number of nitrogens with one attached hydrogen (secondary N) is 1. The van der Waals surface area contributed by atoms with Crippen LogP contribution in [0.4, 0.5) is 0 Å². The third kappa shape index (κ3) is 3.48. The van der Waals surface area contributed by atoms with Crippen molar-refractivity contribution in [2.24, 2.45) is 0 Å². The predicted octanol–water partition coefficient (Wildman–Crippen LogP) is 2.16. The molecule has 1 amide bonds. The first kappa shape index (κ1) is 13.5. The molecule has 3 heteroatoms. The van der Waals surface area contributed by atoms with Crippen LogP contribution in [0.15, 0.2) is 0 Å². The summed E-state index contributed by atoms with van der Waals surface area (Å²) in [6.45, 7) is 9.48. The minimum atomic E-state index is 0.0491. The van der Waals surface area contributed by atoms with Gasteiger partial charge in [-0.3, -0.25) is 4.79 Å². The summed E-state index contributed by atoms with van der Waals surface area (Å²) >= 11 is 0. The monoisotopic (exact) mass is 226 g/mol. The van der Waals surface area contributed by atoms with Gasteiger partial charge in [-0.2, -0.15) is 0 Å². The van der Waals surface area contributed by atoms with Gasteiger partial charge in [-0.25, -0.2) is 0 Å². The average Bonchev–Trinajstić information content (AvgIpc) is 2.21. The van der Waals surface area contributed by atoms with Crippen molar-refractivity contribution in [1.29, 1.82) is 0 Å². The molecular formula is C13H26N2O. The third-order valence-electron chi connectivity index (χ3n) is 3.25. The van der Waals surface area contributed by atoms with Crippen LogP contribution in [-0.2, 0) is 4.79 Å². The molecule has 94 valence electrons. The molecule has 1 heterocycles. The van der Waals surface area contributed by atoms with E-state index >= 15 is 0 Å². The zero-order valence-electron chi connectivity index (χ0n) is 11.1. The summed E-state index contributed by atoms with van der Waals surface area (Å²) in [4.78, 5) is 14.3. The number of nitrogens with zero attached hydrogens (tertiary/aromatic N) is 1. The number of amides is 1. The molecule has 0 radical (unpaired) electrons. The van der Waals surface area contributed by atoms with Gasteiger partial charge in [-0.05, 0) is 26.2 Å². The summed E-state index contributed by atoms with van der Waals surface area (Å²) in [6.07, 6.45) is 4.38. The van der Waals surface area contributed by atoms with Crippen molar-refractivity contribution in [2.75, 3.05) is 6.54 Å². The Morgan fingerprint density at radius 1 is 1.44 bits per heavy atom. The SMILES string of the molecule is CCCC(C)N1CCCC(NC(C)C)C1=O. The van der Waals surface area contributed by atoms with Crippen LogP contribution >= 0.6 is 0 Å². The standard InChI is InChI=1S/C13H26N2O/c1-5-7-11(4)15-9-6-8-12(13(15)16)14-10(2)3/h10-12,14H,5-9H2,1-4H3. The summed E-state index contributed by atoms with van der Waals surface area (Å²) in [5, 5.41) is 3.37. The van der Waals surface area contributed by atoms with E-state index in [0.29, 0.717) is 18.0 Å². The Hall–Kier alpha value is -0.570. The van der Waals surface area contributed by atoms with Crippen molar-refractivity contribution in [3.05, 3.63) is 0 Å². The molecule has 1 saturated heterocycles. The zero-order chi connectivity index (χ0) is 12.1. The maximum absolute atomic E-state index is 12.2. The lowest BCUT2D eigenvalue weighted by Crippen LogP contribution is -2.54. The number of carbonyl (C=O) groups is 1. The van der Waals surface area contributed by atoms with Gasteiger partial charge < -0.3 is 10.2 Å². The largest absolute Gasteiger partial charge is 0.339 e. The Bertz CT molecular complexity index is 228. The van der Waals surface area contributed by atoms with Gasteiger partial charge in [0, 0.05) is 18.6 Å². The van der Waals surface area contributed by atoms with Gasteiger partial charge in [0.25, 0.3) is 0 Å². The van der Waals surface area contributed by atoms with Crippen molar-refractivity contribution >= 4 is 5.91 Å². The van der Waals surface area contributed by atoms with Gasteiger partial charge in [0.2, 0.25) is 5.91 Å². The van der Waals surface area contributed by atoms with E-state index < -0.39 is 0 Å². The molecule has 1 aliphatic heterocycles. The highest BCUT2D eigenvalue weighted by atomic mass is 16.2. The predicted molar refractivity (Wildman–Crippen MR) is 67.4 cm³/mol. The molecule has 1 fully saturated rings. The summed E-state index contributed by atoms with van der Waals surface area (Å²) in [5.41, 5.74) is 0. The van der Waals surface area contributed by atoms with Crippen LogP contribution in [0.3, 0.4) is 0 Å². The fraction of sp³-hybridized carbons (Fsp3) is 0.923. The Morgan fingerprint density at radius 3 is 2.69 bits per heavy atom. The van der Waals surface area contributed by atoms with Gasteiger partial charge in [0.05, 0.1) is 6.04 Å². The molecule has 0 aromatic heterocycles. The van der Waals surface area contributed by atoms with Crippen molar-refractivity contribution in [3.63, 3.8) is 0 Å². The Morgan fingerprint density at radius 2 is 2.12 bits per heavy atom. The van der Waals surface area contributed by atoms with Crippen LogP contribution in [0.2, 0.25) is 0 Å². The van der Waals surface area contributed by atoms with Gasteiger partial charge in [0.1, 0.15) is 0 Å². The second-order valence-corrected chi connectivity index (χ2v) is 5.19. The summed E-state index contributed by atoms with van der Waals surface area (Å²) < 4.78 is 0. The van der Waals surface area contributed by atoms with Crippen molar-refractivity contribution in [2.45, 2.75) is 71.5 Å². The molecule has 0 aromatic carbocycles. The molecule has 0 bridgehead atoms. The lowest BCUT2D eigenvalue weighted by atomic mass is 10.0. The van der Waals surface area contributed by atoms with Gasteiger partial charge in [-0.15, -0.1) is 0 Å². The van der Waals surface area contributed by atoms with Gasteiger partial charge in [-0.1, -0.05) is 27.2 Å². The number of carbonyl (C=O) groups excluding carboxylic acids is 1. The van der Waals surface area contributed by atoms with Crippen molar-refractivity contribution in [1.82, 2.24) is 10.2 Å². The average molecular weight is 226 g/mol. The van der Waals surface area contributed by atoms with Crippen molar-refractivity contribution < 1.29 is 4.79 Å².